The number of amides is 2. The first-order chi connectivity index (χ1) is 12.0. The lowest BCUT2D eigenvalue weighted by Gasteiger charge is -2.08. The van der Waals surface area contributed by atoms with Crippen LogP contribution < -0.4 is 15.8 Å². The summed E-state index contributed by atoms with van der Waals surface area (Å²) >= 11 is 1.33. The second-order valence-corrected chi connectivity index (χ2v) is 6.45. The summed E-state index contributed by atoms with van der Waals surface area (Å²) in [5, 5.41) is 13.9. The molecule has 0 aliphatic heterocycles. The van der Waals surface area contributed by atoms with Gasteiger partial charge in [-0.3, -0.25) is 9.59 Å². The highest BCUT2D eigenvalue weighted by molar-refractivity contribution is 7.17. The van der Waals surface area contributed by atoms with Crippen molar-refractivity contribution in [3.8, 4) is 5.75 Å². The van der Waals surface area contributed by atoms with Crippen molar-refractivity contribution in [1.82, 2.24) is 4.98 Å². The van der Waals surface area contributed by atoms with E-state index in [0.717, 1.165) is 29.7 Å². The van der Waals surface area contributed by atoms with Crippen LogP contribution in [0.1, 0.15) is 27.2 Å². The first-order valence-electron chi connectivity index (χ1n) is 7.43. The molecule has 0 bridgehead atoms. The van der Waals surface area contributed by atoms with Crippen molar-refractivity contribution in [3.05, 3.63) is 44.4 Å². The van der Waals surface area contributed by atoms with Gasteiger partial charge in [-0.25, -0.2) is 0 Å². The largest absolute Gasteiger partial charge is 0.476 e. The van der Waals surface area contributed by atoms with Crippen molar-refractivity contribution in [2.75, 3.05) is 11.9 Å². The molecule has 2 heterocycles. The van der Waals surface area contributed by atoms with Gasteiger partial charge in [0.2, 0.25) is 5.75 Å². The number of ether oxygens (including phenoxy) is 1. The first kappa shape index (κ1) is 16.8. The van der Waals surface area contributed by atoms with E-state index in [1.165, 1.54) is 29.7 Å². The van der Waals surface area contributed by atoms with Crippen molar-refractivity contribution < 1.29 is 19.2 Å². The fourth-order valence-electron chi connectivity index (χ4n) is 2.69. The van der Waals surface area contributed by atoms with E-state index >= 15 is 0 Å². The lowest BCUT2D eigenvalue weighted by molar-refractivity contribution is -0.390. The maximum absolute atomic E-state index is 12.1. The normalized spacial score (nSPS) is 12.5. The number of pyridine rings is 1. The Morgan fingerprint density at radius 3 is 2.96 bits per heavy atom. The number of nitrogens with two attached hydrogens (primary N) is 1. The highest BCUT2D eigenvalue weighted by Crippen LogP contribution is 2.38. The second-order valence-electron chi connectivity index (χ2n) is 5.34. The zero-order chi connectivity index (χ0) is 18.0. The van der Waals surface area contributed by atoms with E-state index in [1.807, 2.05) is 0 Å². The zero-order valence-corrected chi connectivity index (χ0v) is 13.8. The van der Waals surface area contributed by atoms with Gasteiger partial charge in [-0.05, 0) is 46.9 Å². The lowest BCUT2D eigenvalue weighted by atomic mass is 10.1. The second kappa shape index (κ2) is 6.85. The number of carbonyl (C=O) groups is 2. The van der Waals surface area contributed by atoms with Crippen LogP contribution >= 0.6 is 11.3 Å². The molecule has 2 amide bonds. The Morgan fingerprint density at radius 2 is 2.24 bits per heavy atom. The number of hydrogen-bond acceptors (Lipinski definition) is 7. The maximum Gasteiger partial charge on any atom is 0.406 e. The van der Waals surface area contributed by atoms with Crippen LogP contribution in [0.3, 0.4) is 0 Å². The van der Waals surface area contributed by atoms with E-state index in [-0.39, 0.29) is 5.75 Å². The van der Waals surface area contributed by atoms with Crippen molar-refractivity contribution in [2.45, 2.75) is 19.3 Å². The van der Waals surface area contributed by atoms with Gasteiger partial charge in [-0.1, -0.05) is 0 Å². The van der Waals surface area contributed by atoms with Gasteiger partial charge in [0.1, 0.15) is 11.2 Å². The number of aryl methyl sites for hydroxylation is 1. The van der Waals surface area contributed by atoms with Gasteiger partial charge < -0.3 is 25.9 Å². The monoisotopic (exact) mass is 362 g/mol. The minimum Gasteiger partial charge on any atom is -0.476 e. The summed E-state index contributed by atoms with van der Waals surface area (Å²) in [5.41, 5.74) is 6.67. The number of carbonyl (C=O) groups excluding carboxylic acids is 2. The van der Waals surface area contributed by atoms with Gasteiger partial charge in [-0.2, -0.15) is 0 Å². The molecule has 0 saturated carbocycles. The van der Waals surface area contributed by atoms with Gasteiger partial charge in [0.05, 0.1) is 5.56 Å². The maximum atomic E-state index is 12.1. The summed E-state index contributed by atoms with van der Waals surface area (Å²) in [6, 6.07) is 2.82. The fraction of sp³-hybridized carbons (Fsp3) is 0.267. The average Bonchev–Trinajstić information content (AvgIpc) is 3.13. The molecule has 0 spiro atoms. The third-order valence-electron chi connectivity index (χ3n) is 3.70. The SMILES string of the molecule is NC(=O)c1c(NC(=O)COc2cccnc2[N+](=O)[O-])sc2c1CCC2. The number of fused-ring (bicyclic) bond motifs is 1. The Kier molecular flexibility index (Phi) is 4.61. The topological polar surface area (TPSA) is 137 Å². The summed E-state index contributed by atoms with van der Waals surface area (Å²) in [7, 11) is 0. The van der Waals surface area contributed by atoms with Gasteiger partial charge in [0.15, 0.2) is 6.61 Å². The van der Waals surface area contributed by atoms with E-state index in [9.17, 15) is 19.7 Å². The third kappa shape index (κ3) is 3.43. The molecular weight excluding hydrogens is 348 g/mol. The van der Waals surface area contributed by atoms with Crippen LogP contribution in [-0.2, 0) is 17.6 Å². The molecule has 25 heavy (non-hydrogen) atoms. The Hall–Kier alpha value is -3.01. The lowest BCUT2D eigenvalue weighted by Crippen LogP contribution is -2.22. The standard InChI is InChI=1S/C15H14N4O5S/c16-13(21)12-8-3-1-5-10(8)25-15(12)18-11(20)7-24-9-4-2-6-17-14(9)19(22)23/h2,4,6H,1,3,5,7H2,(H2,16,21)(H,18,20). The summed E-state index contributed by atoms with van der Waals surface area (Å²) in [5.74, 6) is -1.70. The molecule has 1 aliphatic carbocycles. The van der Waals surface area contributed by atoms with E-state index in [1.54, 1.807) is 0 Å². The Morgan fingerprint density at radius 1 is 1.44 bits per heavy atom. The van der Waals surface area contributed by atoms with E-state index in [0.29, 0.717) is 10.6 Å². The number of anilines is 1. The molecule has 3 rings (SSSR count). The van der Waals surface area contributed by atoms with Gasteiger partial charge >= 0.3 is 5.82 Å². The quantitative estimate of drug-likeness (QED) is 0.592. The zero-order valence-electron chi connectivity index (χ0n) is 13.0. The van der Waals surface area contributed by atoms with Crippen LogP contribution in [0.2, 0.25) is 0 Å². The Balaban J connectivity index is 1.70. The molecule has 0 aromatic carbocycles. The van der Waals surface area contributed by atoms with Gasteiger partial charge in [0, 0.05) is 4.88 Å². The number of thiophene rings is 1. The molecule has 2 aromatic rings. The summed E-state index contributed by atoms with van der Waals surface area (Å²) < 4.78 is 5.18. The van der Waals surface area contributed by atoms with Crippen molar-refractivity contribution in [2.24, 2.45) is 5.73 Å². The number of nitrogens with one attached hydrogen (secondary N) is 1. The minimum absolute atomic E-state index is 0.105. The predicted octanol–water partition coefficient (Wildman–Crippen LogP) is 1.66. The fourth-order valence-corrected chi connectivity index (χ4v) is 4.00. The van der Waals surface area contributed by atoms with Crippen LogP contribution in [0.25, 0.3) is 0 Å². The molecule has 1 aliphatic rings. The number of primary amides is 1. The Bertz CT molecular complexity index is 864. The van der Waals surface area contributed by atoms with Crippen LogP contribution in [0, 0.1) is 10.1 Å². The van der Waals surface area contributed by atoms with E-state index in [4.69, 9.17) is 10.5 Å². The molecule has 10 heteroatoms. The number of nitro groups is 1. The van der Waals surface area contributed by atoms with Crippen molar-refractivity contribution in [1.29, 1.82) is 0 Å². The highest BCUT2D eigenvalue weighted by Gasteiger charge is 2.26. The molecular formula is C15H14N4O5S. The Labute approximate surface area is 146 Å². The molecule has 0 radical (unpaired) electrons. The molecule has 3 N–H and O–H groups in total. The van der Waals surface area contributed by atoms with Crippen LogP contribution in [0.15, 0.2) is 18.3 Å². The number of hydrogen-bond donors (Lipinski definition) is 2. The highest BCUT2D eigenvalue weighted by atomic mass is 32.1. The predicted molar refractivity (Wildman–Crippen MR) is 89.9 cm³/mol. The molecule has 130 valence electrons. The summed E-state index contributed by atoms with van der Waals surface area (Å²) in [4.78, 5) is 38.6. The smallest absolute Gasteiger partial charge is 0.406 e. The summed E-state index contributed by atoms with van der Waals surface area (Å²) in [6.45, 7) is -0.451. The van der Waals surface area contributed by atoms with Crippen molar-refractivity contribution >= 4 is 34.0 Å². The number of rotatable bonds is 6. The molecule has 0 atom stereocenters. The van der Waals surface area contributed by atoms with Crippen LogP contribution in [-0.4, -0.2) is 28.3 Å². The molecule has 9 nitrogen and oxygen atoms in total. The third-order valence-corrected chi connectivity index (χ3v) is 4.91. The minimum atomic E-state index is -0.692. The number of nitrogens with zero attached hydrogens (tertiary/aromatic N) is 2. The molecule has 2 aromatic heterocycles. The van der Waals surface area contributed by atoms with E-state index in [2.05, 4.69) is 10.3 Å². The van der Waals surface area contributed by atoms with Crippen LogP contribution in [0.4, 0.5) is 10.8 Å². The molecule has 0 saturated heterocycles. The molecule has 0 fully saturated rings. The summed E-state index contributed by atoms with van der Waals surface area (Å²) in [6.07, 6.45) is 3.84. The van der Waals surface area contributed by atoms with Crippen LogP contribution in [0.5, 0.6) is 5.75 Å². The molecule has 0 unspecified atom stereocenters. The van der Waals surface area contributed by atoms with Gasteiger partial charge in [0.25, 0.3) is 11.8 Å². The van der Waals surface area contributed by atoms with Crippen molar-refractivity contribution in [3.63, 3.8) is 0 Å². The van der Waals surface area contributed by atoms with Gasteiger partial charge in [-0.15, -0.1) is 11.3 Å². The first-order valence-corrected chi connectivity index (χ1v) is 8.25. The average molecular weight is 362 g/mol. The van der Waals surface area contributed by atoms with E-state index < -0.39 is 29.2 Å². The number of aromatic nitrogens is 1.